The molecule has 5 nitrogen and oxygen atoms in total. The van der Waals surface area contributed by atoms with Crippen molar-refractivity contribution in [2.75, 3.05) is 13.7 Å². The Bertz CT molecular complexity index is 323. The zero-order valence-corrected chi connectivity index (χ0v) is 12.1. The van der Waals surface area contributed by atoms with Crippen LogP contribution in [0.15, 0.2) is 0 Å². The summed E-state index contributed by atoms with van der Waals surface area (Å²) in [6.07, 6.45) is 4.45. The SMILES string of the molecule is CNC(COC1CC(C)OC(C)C1)(C(N)=O)C1CC1. The van der Waals surface area contributed by atoms with Gasteiger partial charge in [-0.15, -0.1) is 0 Å². The van der Waals surface area contributed by atoms with Crippen molar-refractivity contribution in [1.82, 2.24) is 5.32 Å². The maximum atomic E-state index is 11.8. The van der Waals surface area contributed by atoms with E-state index in [1.165, 1.54) is 0 Å². The quantitative estimate of drug-likeness (QED) is 0.749. The molecule has 1 aliphatic heterocycles. The van der Waals surface area contributed by atoms with Gasteiger partial charge in [-0.25, -0.2) is 0 Å². The number of ether oxygens (including phenoxy) is 2. The van der Waals surface area contributed by atoms with E-state index >= 15 is 0 Å². The Hall–Kier alpha value is -0.650. The van der Waals surface area contributed by atoms with E-state index in [0.29, 0.717) is 12.5 Å². The van der Waals surface area contributed by atoms with Crippen LogP contribution >= 0.6 is 0 Å². The lowest BCUT2D eigenvalue weighted by Gasteiger charge is -2.36. The Labute approximate surface area is 115 Å². The van der Waals surface area contributed by atoms with E-state index in [1.807, 2.05) is 0 Å². The summed E-state index contributed by atoms with van der Waals surface area (Å²) in [4.78, 5) is 11.8. The molecule has 1 aliphatic carbocycles. The lowest BCUT2D eigenvalue weighted by atomic mass is 9.93. The lowest BCUT2D eigenvalue weighted by molar-refractivity contribution is -0.135. The maximum absolute atomic E-state index is 11.8. The summed E-state index contributed by atoms with van der Waals surface area (Å²) in [7, 11) is 1.79. The van der Waals surface area contributed by atoms with Crippen molar-refractivity contribution in [3.63, 3.8) is 0 Å². The fraction of sp³-hybridized carbons (Fsp3) is 0.929. The number of rotatable bonds is 6. The highest BCUT2D eigenvalue weighted by atomic mass is 16.5. The van der Waals surface area contributed by atoms with Crippen molar-refractivity contribution in [3.05, 3.63) is 0 Å². The first-order chi connectivity index (χ1) is 8.98. The zero-order valence-electron chi connectivity index (χ0n) is 12.1. The third-order valence-electron chi connectivity index (χ3n) is 4.36. The van der Waals surface area contributed by atoms with E-state index in [-0.39, 0.29) is 24.2 Å². The third kappa shape index (κ3) is 3.27. The van der Waals surface area contributed by atoms with Crippen LogP contribution in [-0.4, -0.2) is 43.4 Å². The van der Waals surface area contributed by atoms with E-state index in [2.05, 4.69) is 19.2 Å². The van der Waals surface area contributed by atoms with Gasteiger partial charge in [0, 0.05) is 0 Å². The van der Waals surface area contributed by atoms with Gasteiger partial charge >= 0.3 is 0 Å². The molecule has 0 aromatic carbocycles. The molecule has 0 aromatic rings. The minimum absolute atomic E-state index is 0.157. The van der Waals surface area contributed by atoms with Crippen LogP contribution in [0.2, 0.25) is 0 Å². The molecular weight excluding hydrogens is 244 g/mol. The molecule has 19 heavy (non-hydrogen) atoms. The van der Waals surface area contributed by atoms with Crippen molar-refractivity contribution < 1.29 is 14.3 Å². The van der Waals surface area contributed by atoms with Crippen LogP contribution in [0.4, 0.5) is 0 Å². The number of nitrogens with two attached hydrogens (primary N) is 1. The zero-order chi connectivity index (χ0) is 14.0. The van der Waals surface area contributed by atoms with E-state index in [0.717, 1.165) is 25.7 Å². The smallest absolute Gasteiger partial charge is 0.240 e. The van der Waals surface area contributed by atoms with E-state index in [1.54, 1.807) is 7.05 Å². The number of amides is 1. The summed E-state index contributed by atoms with van der Waals surface area (Å²) >= 11 is 0. The molecule has 0 radical (unpaired) electrons. The second-order valence-corrected chi connectivity index (χ2v) is 6.02. The maximum Gasteiger partial charge on any atom is 0.240 e. The molecule has 1 saturated carbocycles. The monoisotopic (exact) mass is 270 g/mol. The van der Waals surface area contributed by atoms with Gasteiger partial charge < -0.3 is 20.5 Å². The van der Waals surface area contributed by atoms with Crippen LogP contribution in [0.5, 0.6) is 0 Å². The van der Waals surface area contributed by atoms with Crippen LogP contribution in [0.25, 0.3) is 0 Å². The summed E-state index contributed by atoms with van der Waals surface area (Å²) in [6, 6.07) is 0. The van der Waals surface area contributed by atoms with Gasteiger partial charge in [0.05, 0.1) is 24.9 Å². The predicted molar refractivity (Wildman–Crippen MR) is 72.7 cm³/mol. The van der Waals surface area contributed by atoms with E-state index in [9.17, 15) is 4.79 Å². The molecule has 1 heterocycles. The molecule has 0 spiro atoms. The third-order valence-corrected chi connectivity index (χ3v) is 4.36. The molecule has 2 fully saturated rings. The molecule has 3 unspecified atom stereocenters. The van der Waals surface area contributed by atoms with Gasteiger partial charge in [0.25, 0.3) is 0 Å². The number of hydrogen-bond donors (Lipinski definition) is 2. The van der Waals surface area contributed by atoms with Gasteiger partial charge in [-0.05, 0) is 52.5 Å². The van der Waals surface area contributed by atoms with Crippen LogP contribution in [-0.2, 0) is 14.3 Å². The molecule has 1 saturated heterocycles. The Balaban J connectivity index is 1.93. The first-order valence-electron chi connectivity index (χ1n) is 7.24. The lowest BCUT2D eigenvalue weighted by Crippen LogP contribution is -2.59. The Morgan fingerprint density at radius 1 is 1.37 bits per heavy atom. The van der Waals surface area contributed by atoms with Crippen molar-refractivity contribution in [2.24, 2.45) is 11.7 Å². The highest BCUT2D eigenvalue weighted by Gasteiger charge is 2.49. The second kappa shape index (κ2) is 5.77. The average Bonchev–Trinajstić information content (AvgIpc) is 3.13. The van der Waals surface area contributed by atoms with Crippen molar-refractivity contribution in [2.45, 2.75) is 63.4 Å². The van der Waals surface area contributed by atoms with E-state index in [4.69, 9.17) is 15.2 Å². The highest BCUT2D eigenvalue weighted by Crippen LogP contribution is 2.40. The van der Waals surface area contributed by atoms with Crippen LogP contribution < -0.4 is 11.1 Å². The fourth-order valence-electron chi connectivity index (χ4n) is 3.10. The van der Waals surface area contributed by atoms with Crippen molar-refractivity contribution in [1.29, 1.82) is 0 Å². The molecule has 110 valence electrons. The highest BCUT2D eigenvalue weighted by molar-refractivity contribution is 5.85. The minimum Gasteiger partial charge on any atom is -0.376 e. The molecule has 5 heteroatoms. The Morgan fingerprint density at radius 2 is 1.95 bits per heavy atom. The number of primary amides is 1. The first kappa shape index (κ1) is 14.8. The van der Waals surface area contributed by atoms with Crippen LogP contribution in [0.1, 0.15) is 39.5 Å². The largest absolute Gasteiger partial charge is 0.376 e. The predicted octanol–water partition coefficient (Wildman–Crippen LogP) is 0.813. The molecule has 3 N–H and O–H groups in total. The van der Waals surface area contributed by atoms with Crippen molar-refractivity contribution in [3.8, 4) is 0 Å². The minimum atomic E-state index is -0.690. The van der Waals surface area contributed by atoms with Gasteiger partial charge in [-0.3, -0.25) is 4.79 Å². The van der Waals surface area contributed by atoms with Gasteiger partial charge in [0.2, 0.25) is 5.91 Å². The summed E-state index contributed by atoms with van der Waals surface area (Å²) in [5.41, 5.74) is 4.90. The van der Waals surface area contributed by atoms with Gasteiger partial charge in [-0.1, -0.05) is 0 Å². The van der Waals surface area contributed by atoms with Crippen LogP contribution in [0.3, 0.4) is 0 Å². The second-order valence-electron chi connectivity index (χ2n) is 6.02. The molecule has 0 aromatic heterocycles. The van der Waals surface area contributed by atoms with Crippen LogP contribution in [0, 0.1) is 5.92 Å². The standard InChI is InChI=1S/C14H26N2O3/c1-9-6-12(7-10(2)19-9)18-8-14(16-3,13(15)17)11-4-5-11/h9-12,16H,4-8H2,1-3H3,(H2,15,17). The number of carbonyl (C=O) groups excluding carboxylic acids is 1. The number of likely N-dealkylation sites (N-methyl/N-ethyl adjacent to an activating group) is 1. The van der Waals surface area contributed by atoms with Gasteiger partial charge in [0.1, 0.15) is 5.54 Å². The molecule has 2 aliphatic rings. The van der Waals surface area contributed by atoms with E-state index < -0.39 is 5.54 Å². The summed E-state index contributed by atoms with van der Waals surface area (Å²) < 4.78 is 11.7. The fourth-order valence-corrected chi connectivity index (χ4v) is 3.10. The summed E-state index contributed by atoms with van der Waals surface area (Å²) in [5, 5.41) is 3.11. The summed E-state index contributed by atoms with van der Waals surface area (Å²) in [6.45, 7) is 4.49. The average molecular weight is 270 g/mol. The van der Waals surface area contributed by atoms with Gasteiger partial charge in [-0.2, -0.15) is 0 Å². The topological polar surface area (TPSA) is 73.6 Å². The number of carbonyl (C=O) groups is 1. The molecule has 2 rings (SSSR count). The first-order valence-corrected chi connectivity index (χ1v) is 7.24. The Kier molecular flexibility index (Phi) is 4.48. The molecule has 0 bridgehead atoms. The normalized spacial score (nSPS) is 34.8. The number of hydrogen-bond acceptors (Lipinski definition) is 4. The van der Waals surface area contributed by atoms with Crippen molar-refractivity contribution >= 4 is 5.91 Å². The van der Waals surface area contributed by atoms with Gasteiger partial charge in [0.15, 0.2) is 0 Å². The molecular formula is C14H26N2O3. The summed E-state index contributed by atoms with van der Waals surface area (Å²) in [5.74, 6) is 0.0235. The number of nitrogens with one attached hydrogen (secondary N) is 1. The molecule has 3 atom stereocenters. The molecule has 1 amide bonds. The Morgan fingerprint density at radius 3 is 2.37 bits per heavy atom.